The molecule has 0 radical (unpaired) electrons. The van der Waals surface area contributed by atoms with Gasteiger partial charge in [0.25, 0.3) is 0 Å². The SMILES string of the molecule is CC(C)(C)c1nccc(NCCNS(=O)(=O)c2ccccc2)n1. The molecule has 0 unspecified atom stereocenters. The van der Waals surface area contributed by atoms with Gasteiger partial charge in [-0.3, -0.25) is 0 Å². The van der Waals surface area contributed by atoms with Gasteiger partial charge in [-0.15, -0.1) is 0 Å². The molecule has 124 valence electrons. The third-order valence-electron chi connectivity index (χ3n) is 3.10. The molecule has 6 nitrogen and oxygen atoms in total. The average Bonchev–Trinajstić information content (AvgIpc) is 2.52. The summed E-state index contributed by atoms with van der Waals surface area (Å²) in [5.41, 5.74) is -0.132. The number of sulfonamides is 1. The first-order valence-electron chi connectivity index (χ1n) is 7.41. The minimum absolute atomic E-state index is 0.132. The van der Waals surface area contributed by atoms with E-state index >= 15 is 0 Å². The van der Waals surface area contributed by atoms with Crippen molar-refractivity contribution in [3.8, 4) is 0 Å². The van der Waals surface area contributed by atoms with Crippen LogP contribution < -0.4 is 10.0 Å². The Morgan fingerprint density at radius 1 is 1.04 bits per heavy atom. The second-order valence-electron chi connectivity index (χ2n) is 6.15. The summed E-state index contributed by atoms with van der Waals surface area (Å²) in [6, 6.07) is 10.1. The molecule has 2 N–H and O–H groups in total. The zero-order chi connectivity index (χ0) is 16.9. The molecular weight excluding hydrogens is 312 g/mol. The minimum atomic E-state index is -3.47. The van der Waals surface area contributed by atoms with Crippen molar-refractivity contribution in [3.05, 3.63) is 48.4 Å². The zero-order valence-electron chi connectivity index (χ0n) is 13.6. The molecule has 2 aromatic rings. The molecule has 1 heterocycles. The van der Waals surface area contributed by atoms with Gasteiger partial charge in [0, 0.05) is 24.7 Å². The lowest BCUT2D eigenvalue weighted by Gasteiger charge is -2.17. The summed E-state index contributed by atoms with van der Waals surface area (Å²) in [6.07, 6.45) is 1.70. The predicted molar refractivity (Wildman–Crippen MR) is 90.9 cm³/mol. The van der Waals surface area contributed by atoms with Crippen molar-refractivity contribution in [1.82, 2.24) is 14.7 Å². The highest BCUT2D eigenvalue weighted by Gasteiger charge is 2.17. The van der Waals surface area contributed by atoms with Gasteiger partial charge in [0.05, 0.1) is 4.90 Å². The molecule has 1 aromatic carbocycles. The van der Waals surface area contributed by atoms with Gasteiger partial charge in [0.15, 0.2) is 0 Å². The Morgan fingerprint density at radius 3 is 2.39 bits per heavy atom. The Morgan fingerprint density at radius 2 is 1.74 bits per heavy atom. The Bertz CT molecular complexity index is 740. The highest BCUT2D eigenvalue weighted by Crippen LogP contribution is 2.18. The number of nitrogens with zero attached hydrogens (tertiary/aromatic N) is 2. The van der Waals surface area contributed by atoms with Crippen molar-refractivity contribution >= 4 is 15.8 Å². The Kier molecular flexibility index (Phi) is 5.33. The van der Waals surface area contributed by atoms with E-state index in [9.17, 15) is 8.42 Å². The van der Waals surface area contributed by atoms with Crippen LogP contribution in [-0.2, 0) is 15.4 Å². The van der Waals surface area contributed by atoms with Gasteiger partial charge in [0.1, 0.15) is 11.6 Å². The van der Waals surface area contributed by atoms with Crippen LogP contribution in [0.25, 0.3) is 0 Å². The Labute approximate surface area is 137 Å². The van der Waals surface area contributed by atoms with Gasteiger partial charge < -0.3 is 5.32 Å². The van der Waals surface area contributed by atoms with Crippen LogP contribution in [0.2, 0.25) is 0 Å². The molecule has 1 aromatic heterocycles. The molecule has 0 aliphatic carbocycles. The van der Waals surface area contributed by atoms with Crippen LogP contribution >= 0.6 is 0 Å². The van der Waals surface area contributed by atoms with E-state index in [1.54, 1.807) is 42.6 Å². The monoisotopic (exact) mass is 334 g/mol. The second-order valence-corrected chi connectivity index (χ2v) is 7.92. The van der Waals surface area contributed by atoms with E-state index in [4.69, 9.17) is 0 Å². The highest BCUT2D eigenvalue weighted by molar-refractivity contribution is 7.89. The molecule has 0 bridgehead atoms. The molecular formula is C16H22N4O2S. The number of benzene rings is 1. The number of hydrogen-bond donors (Lipinski definition) is 2. The lowest BCUT2D eigenvalue weighted by atomic mass is 9.96. The summed E-state index contributed by atoms with van der Waals surface area (Å²) in [5.74, 6) is 1.43. The first-order chi connectivity index (χ1) is 10.8. The molecule has 0 aliphatic heterocycles. The number of rotatable bonds is 6. The summed E-state index contributed by atoms with van der Waals surface area (Å²) in [7, 11) is -3.47. The molecule has 2 rings (SSSR count). The van der Waals surface area contributed by atoms with Crippen molar-refractivity contribution in [2.45, 2.75) is 31.1 Å². The molecule has 0 saturated heterocycles. The standard InChI is InChI=1S/C16H22N4O2S/c1-16(2,3)15-18-10-9-14(20-15)17-11-12-19-23(21,22)13-7-5-4-6-8-13/h4-10,19H,11-12H2,1-3H3,(H,17,18,20). The molecule has 0 spiro atoms. The van der Waals surface area contributed by atoms with Gasteiger partial charge >= 0.3 is 0 Å². The van der Waals surface area contributed by atoms with E-state index in [1.807, 2.05) is 20.8 Å². The Balaban J connectivity index is 1.89. The van der Waals surface area contributed by atoms with Crippen molar-refractivity contribution in [2.75, 3.05) is 18.4 Å². The maximum atomic E-state index is 12.1. The maximum absolute atomic E-state index is 12.1. The topological polar surface area (TPSA) is 84.0 Å². The first kappa shape index (κ1) is 17.4. The minimum Gasteiger partial charge on any atom is -0.369 e. The molecule has 0 atom stereocenters. The van der Waals surface area contributed by atoms with Crippen LogP contribution in [0.15, 0.2) is 47.5 Å². The molecule has 23 heavy (non-hydrogen) atoms. The summed E-state index contributed by atoms with van der Waals surface area (Å²) >= 11 is 0. The Hall–Kier alpha value is -1.99. The smallest absolute Gasteiger partial charge is 0.240 e. The van der Waals surface area contributed by atoms with E-state index in [2.05, 4.69) is 20.0 Å². The largest absolute Gasteiger partial charge is 0.369 e. The van der Waals surface area contributed by atoms with Crippen LogP contribution in [0.4, 0.5) is 5.82 Å². The van der Waals surface area contributed by atoms with Gasteiger partial charge in [-0.25, -0.2) is 23.1 Å². The van der Waals surface area contributed by atoms with E-state index in [0.717, 1.165) is 5.82 Å². The van der Waals surface area contributed by atoms with Crippen molar-refractivity contribution in [1.29, 1.82) is 0 Å². The van der Waals surface area contributed by atoms with Gasteiger partial charge in [-0.2, -0.15) is 0 Å². The van der Waals surface area contributed by atoms with Crippen LogP contribution in [0.3, 0.4) is 0 Å². The number of anilines is 1. The first-order valence-corrected chi connectivity index (χ1v) is 8.89. The van der Waals surface area contributed by atoms with E-state index in [-0.39, 0.29) is 16.9 Å². The summed E-state index contributed by atoms with van der Waals surface area (Å²) < 4.78 is 26.7. The van der Waals surface area contributed by atoms with Crippen LogP contribution in [0.1, 0.15) is 26.6 Å². The lowest BCUT2D eigenvalue weighted by molar-refractivity contribution is 0.546. The molecule has 0 aliphatic rings. The van der Waals surface area contributed by atoms with Crippen molar-refractivity contribution in [3.63, 3.8) is 0 Å². The maximum Gasteiger partial charge on any atom is 0.240 e. The molecule has 0 fully saturated rings. The highest BCUT2D eigenvalue weighted by atomic mass is 32.2. The van der Waals surface area contributed by atoms with E-state index in [0.29, 0.717) is 12.4 Å². The third-order valence-corrected chi connectivity index (χ3v) is 4.58. The van der Waals surface area contributed by atoms with Crippen molar-refractivity contribution in [2.24, 2.45) is 0 Å². The quantitative estimate of drug-likeness (QED) is 0.791. The number of nitrogens with one attached hydrogen (secondary N) is 2. The lowest BCUT2D eigenvalue weighted by Crippen LogP contribution is -2.29. The van der Waals surface area contributed by atoms with Crippen LogP contribution in [0.5, 0.6) is 0 Å². The van der Waals surface area contributed by atoms with E-state index in [1.165, 1.54) is 0 Å². The predicted octanol–water partition coefficient (Wildman–Crippen LogP) is 2.16. The fourth-order valence-corrected chi connectivity index (χ4v) is 2.93. The van der Waals surface area contributed by atoms with Gasteiger partial charge in [-0.05, 0) is 18.2 Å². The van der Waals surface area contributed by atoms with E-state index < -0.39 is 10.0 Å². The average molecular weight is 334 g/mol. The van der Waals surface area contributed by atoms with Gasteiger partial charge in [0.2, 0.25) is 10.0 Å². The molecule has 7 heteroatoms. The van der Waals surface area contributed by atoms with Crippen LogP contribution in [0, 0.1) is 0 Å². The zero-order valence-corrected chi connectivity index (χ0v) is 14.4. The molecule has 0 amide bonds. The van der Waals surface area contributed by atoms with Gasteiger partial charge in [-0.1, -0.05) is 39.0 Å². The fourth-order valence-electron chi connectivity index (χ4n) is 1.88. The summed E-state index contributed by atoms with van der Waals surface area (Å²) in [4.78, 5) is 8.95. The summed E-state index contributed by atoms with van der Waals surface area (Å²) in [6.45, 7) is 6.83. The summed E-state index contributed by atoms with van der Waals surface area (Å²) in [5, 5.41) is 3.10. The van der Waals surface area contributed by atoms with Crippen LogP contribution in [-0.4, -0.2) is 31.5 Å². The van der Waals surface area contributed by atoms with Crippen molar-refractivity contribution < 1.29 is 8.42 Å². The molecule has 0 saturated carbocycles. The third kappa shape index (κ3) is 5.01. The normalized spacial score (nSPS) is 12.1. The number of hydrogen-bond acceptors (Lipinski definition) is 5. The number of aromatic nitrogens is 2. The second kappa shape index (κ2) is 7.06. The fraction of sp³-hybridized carbons (Fsp3) is 0.375.